The average Bonchev–Trinajstić information content (AvgIpc) is 2.66. The summed E-state index contributed by atoms with van der Waals surface area (Å²) in [6.45, 7) is 5.08. The number of nitrogens with one attached hydrogen (secondary N) is 1. The lowest BCUT2D eigenvalue weighted by atomic mass is 9.87. The standard InChI is InChI=1S/C19H22ClN3O3S/c1-4-23(5-2)18(25)11-27-19-14(10-21)13(9-17(24)22-19)12-6-7-16(26-3)15(20)8-12/h6-8,13H,4-5,9,11H2,1-3H3,(H,22,24)/t13-/m1/s1. The number of methoxy groups -OCH3 is 1. The number of hydrogen-bond donors (Lipinski definition) is 1. The summed E-state index contributed by atoms with van der Waals surface area (Å²) in [4.78, 5) is 26.2. The van der Waals surface area contributed by atoms with Crippen LogP contribution in [0.1, 0.15) is 31.7 Å². The lowest BCUT2D eigenvalue weighted by Crippen LogP contribution is -2.34. The van der Waals surface area contributed by atoms with Crippen molar-refractivity contribution in [2.75, 3.05) is 26.0 Å². The average molecular weight is 408 g/mol. The molecule has 0 radical (unpaired) electrons. The zero-order valence-electron chi connectivity index (χ0n) is 15.5. The predicted molar refractivity (Wildman–Crippen MR) is 107 cm³/mol. The van der Waals surface area contributed by atoms with E-state index in [1.165, 1.54) is 18.9 Å². The van der Waals surface area contributed by atoms with Gasteiger partial charge in [-0.05, 0) is 31.5 Å². The van der Waals surface area contributed by atoms with Crippen LogP contribution in [0.15, 0.2) is 28.8 Å². The predicted octanol–water partition coefficient (Wildman–Crippen LogP) is 3.29. The summed E-state index contributed by atoms with van der Waals surface area (Å²) in [6.07, 6.45) is 0.152. The van der Waals surface area contributed by atoms with Gasteiger partial charge in [-0.15, -0.1) is 0 Å². The molecule has 1 atom stereocenters. The first-order valence-corrected chi connectivity index (χ1v) is 9.99. The lowest BCUT2D eigenvalue weighted by Gasteiger charge is -2.26. The highest BCUT2D eigenvalue weighted by molar-refractivity contribution is 8.03. The number of amides is 2. The molecule has 27 heavy (non-hydrogen) atoms. The second kappa shape index (κ2) is 9.67. The smallest absolute Gasteiger partial charge is 0.232 e. The largest absolute Gasteiger partial charge is 0.495 e. The first-order valence-electron chi connectivity index (χ1n) is 8.63. The van der Waals surface area contributed by atoms with Gasteiger partial charge in [0.2, 0.25) is 11.8 Å². The molecule has 1 aromatic rings. The van der Waals surface area contributed by atoms with Gasteiger partial charge in [-0.25, -0.2) is 0 Å². The van der Waals surface area contributed by atoms with Gasteiger partial charge in [-0.3, -0.25) is 9.59 Å². The number of thioether (sulfide) groups is 1. The fourth-order valence-electron chi connectivity index (χ4n) is 2.92. The fourth-order valence-corrected chi connectivity index (χ4v) is 4.16. The molecule has 0 fully saturated rings. The van der Waals surface area contributed by atoms with Crippen LogP contribution < -0.4 is 10.1 Å². The van der Waals surface area contributed by atoms with Crippen molar-refractivity contribution in [2.24, 2.45) is 0 Å². The summed E-state index contributed by atoms with van der Waals surface area (Å²) in [5, 5.41) is 13.3. The first-order chi connectivity index (χ1) is 12.9. The Balaban J connectivity index is 2.29. The molecule has 2 rings (SSSR count). The van der Waals surface area contributed by atoms with E-state index >= 15 is 0 Å². The van der Waals surface area contributed by atoms with Gasteiger partial charge in [0.25, 0.3) is 0 Å². The van der Waals surface area contributed by atoms with Gasteiger partial charge in [0, 0.05) is 25.4 Å². The number of rotatable bonds is 7. The lowest BCUT2D eigenvalue weighted by molar-refractivity contribution is -0.128. The highest BCUT2D eigenvalue weighted by Crippen LogP contribution is 2.38. The quantitative estimate of drug-likeness (QED) is 0.749. The molecule has 0 aromatic heterocycles. The Bertz CT molecular complexity index is 800. The summed E-state index contributed by atoms with van der Waals surface area (Å²) in [7, 11) is 1.52. The zero-order valence-corrected chi connectivity index (χ0v) is 17.1. The van der Waals surface area contributed by atoms with E-state index in [0.29, 0.717) is 34.5 Å². The third-order valence-electron chi connectivity index (χ3n) is 4.39. The maximum absolute atomic E-state index is 12.2. The molecule has 1 heterocycles. The third kappa shape index (κ3) is 4.96. The van der Waals surface area contributed by atoms with Crippen LogP contribution in [0.4, 0.5) is 0 Å². The molecule has 0 aliphatic carbocycles. The molecule has 0 bridgehead atoms. The highest BCUT2D eigenvalue weighted by Gasteiger charge is 2.30. The number of nitrogens with zero attached hydrogens (tertiary/aromatic N) is 2. The number of halogens is 1. The maximum atomic E-state index is 12.2. The van der Waals surface area contributed by atoms with Gasteiger partial charge in [0.1, 0.15) is 5.75 Å². The molecule has 2 amide bonds. The maximum Gasteiger partial charge on any atom is 0.232 e. The Morgan fingerprint density at radius 1 is 1.44 bits per heavy atom. The summed E-state index contributed by atoms with van der Waals surface area (Å²) >= 11 is 7.39. The van der Waals surface area contributed by atoms with E-state index in [9.17, 15) is 14.9 Å². The molecule has 1 aliphatic heterocycles. The summed E-state index contributed by atoms with van der Waals surface area (Å²) in [5.74, 6) is 0.0710. The number of carbonyl (C=O) groups is 2. The number of benzene rings is 1. The van der Waals surface area contributed by atoms with Gasteiger partial charge in [-0.2, -0.15) is 5.26 Å². The molecule has 1 aliphatic rings. The molecule has 0 saturated heterocycles. The van der Waals surface area contributed by atoms with Crippen LogP contribution in [-0.2, 0) is 9.59 Å². The first kappa shape index (κ1) is 21.1. The zero-order chi connectivity index (χ0) is 20.0. The van der Waals surface area contributed by atoms with Crippen molar-refractivity contribution in [1.29, 1.82) is 5.26 Å². The minimum absolute atomic E-state index is 0.0290. The van der Waals surface area contributed by atoms with E-state index < -0.39 is 5.92 Å². The number of nitriles is 1. The van der Waals surface area contributed by atoms with Crippen molar-refractivity contribution in [3.8, 4) is 11.8 Å². The van der Waals surface area contributed by atoms with E-state index in [-0.39, 0.29) is 24.0 Å². The fraction of sp³-hybridized carbons (Fsp3) is 0.421. The second-order valence-electron chi connectivity index (χ2n) is 5.91. The molecule has 0 unspecified atom stereocenters. The van der Waals surface area contributed by atoms with E-state index in [1.54, 1.807) is 23.1 Å². The van der Waals surface area contributed by atoms with Gasteiger partial charge < -0.3 is 15.0 Å². The number of allylic oxidation sites excluding steroid dienone is 1. The van der Waals surface area contributed by atoms with Crippen molar-refractivity contribution in [3.63, 3.8) is 0 Å². The van der Waals surface area contributed by atoms with Crippen LogP contribution in [0.3, 0.4) is 0 Å². The third-order valence-corrected chi connectivity index (χ3v) is 5.69. The van der Waals surface area contributed by atoms with Crippen LogP contribution in [0.25, 0.3) is 0 Å². The summed E-state index contributed by atoms with van der Waals surface area (Å²) < 4.78 is 5.16. The van der Waals surface area contributed by atoms with Gasteiger partial charge in [0.05, 0.1) is 34.6 Å². The molecule has 1 N–H and O–H groups in total. The van der Waals surface area contributed by atoms with Crippen molar-refractivity contribution >= 4 is 35.2 Å². The minimum Gasteiger partial charge on any atom is -0.495 e. The van der Waals surface area contributed by atoms with E-state index in [4.69, 9.17) is 16.3 Å². The summed E-state index contributed by atoms with van der Waals surface area (Å²) in [6, 6.07) is 7.43. The number of hydrogen-bond acceptors (Lipinski definition) is 5. The van der Waals surface area contributed by atoms with Gasteiger partial charge in [-0.1, -0.05) is 29.4 Å². The molecule has 8 heteroatoms. The molecular formula is C19H22ClN3O3S. The Hall–Kier alpha value is -2.17. The molecule has 0 spiro atoms. The van der Waals surface area contributed by atoms with Crippen LogP contribution in [0, 0.1) is 11.3 Å². The Kier molecular flexibility index (Phi) is 7.57. The SMILES string of the molecule is CCN(CC)C(=O)CSC1=C(C#N)[C@@H](c2ccc(OC)c(Cl)c2)CC(=O)N1. The van der Waals surface area contributed by atoms with E-state index in [0.717, 1.165) is 5.56 Å². The Morgan fingerprint density at radius 3 is 2.70 bits per heavy atom. The second-order valence-corrected chi connectivity index (χ2v) is 7.30. The highest BCUT2D eigenvalue weighted by atomic mass is 35.5. The number of ether oxygens (including phenoxy) is 1. The molecule has 1 aromatic carbocycles. The van der Waals surface area contributed by atoms with Gasteiger partial charge >= 0.3 is 0 Å². The molecule has 0 saturated carbocycles. The van der Waals surface area contributed by atoms with Crippen LogP contribution >= 0.6 is 23.4 Å². The summed E-state index contributed by atoms with van der Waals surface area (Å²) in [5.41, 5.74) is 1.20. The molecular weight excluding hydrogens is 386 g/mol. The Labute approximate surface area is 168 Å². The monoisotopic (exact) mass is 407 g/mol. The van der Waals surface area contributed by atoms with Crippen molar-refractivity contribution < 1.29 is 14.3 Å². The Morgan fingerprint density at radius 2 is 2.15 bits per heavy atom. The van der Waals surface area contributed by atoms with Crippen LogP contribution in [0.5, 0.6) is 5.75 Å². The van der Waals surface area contributed by atoms with Crippen LogP contribution in [0.2, 0.25) is 5.02 Å². The van der Waals surface area contributed by atoms with Crippen molar-refractivity contribution in [1.82, 2.24) is 10.2 Å². The molecule has 6 nitrogen and oxygen atoms in total. The van der Waals surface area contributed by atoms with Crippen molar-refractivity contribution in [2.45, 2.75) is 26.2 Å². The normalized spacial score (nSPS) is 16.6. The van der Waals surface area contributed by atoms with E-state index in [1.807, 2.05) is 13.8 Å². The van der Waals surface area contributed by atoms with E-state index in [2.05, 4.69) is 11.4 Å². The molecule has 144 valence electrons. The van der Waals surface area contributed by atoms with Crippen molar-refractivity contribution in [3.05, 3.63) is 39.4 Å². The topological polar surface area (TPSA) is 82.4 Å². The van der Waals surface area contributed by atoms with Crippen LogP contribution in [-0.4, -0.2) is 42.7 Å². The van der Waals surface area contributed by atoms with Gasteiger partial charge in [0.15, 0.2) is 0 Å². The minimum atomic E-state index is -0.404. The number of carbonyl (C=O) groups excluding carboxylic acids is 2.